The molecule has 0 amide bonds. The van der Waals surface area contributed by atoms with Crippen molar-refractivity contribution in [2.24, 2.45) is 0 Å². The Labute approximate surface area is 165 Å². The molecule has 0 aromatic heterocycles. The Hall–Kier alpha value is -0.607. The van der Waals surface area contributed by atoms with Gasteiger partial charge in [-0.15, -0.1) is 0 Å². The first-order valence-corrected chi connectivity index (χ1v) is 6.96. The molecule has 1 aromatic carbocycles. The number of ether oxygens (including phenoxy) is 2. The minimum Gasteiger partial charge on any atom is -1.00 e. The second-order valence-electron chi connectivity index (χ2n) is 4.34. The zero-order valence-corrected chi connectivity index (χ0v) is 18.4. The molecule has 1 atom stereocenters. The maximum atomic E-state index is 8.98. The van der Waals surface area contributed by atoms with E-state index in [-0.39, 0.29) is 50.4 Å². The Morgan fingerprint density at radius 1 is 1.13 bits per heavy atom. The number of nitrogens with zero attached hydrogens (tertiary/aromatic N) is 2. The molecule has 0 bridgehead atoms. The van der Waals surface area contributed by atoms with Crippen LogP contribution in [0.1, 0.15) is 5.56 Å². The van der Waals surface area contributed by atoms with Crippen molar-refractivity contribution >= 4 is 17.5 Å². The van der Waals surface area contributed by atoms with E-state index in [1.807, 2.05) is 6.08 Å². The predicted octanol–water partition coefficient (Wildman–Crippen LogP) is -2.79. The summed E-state index contributed by atoms with van der Waals surface area (Å²) in [5, 5.41) is 0. The predicted molar refractivity (Wildman–Crippen MR) is 79.6 cm³/mol. The summed E-state index contributed by atoms with van der Waals surface area (Å²) in [7, 11) is 3.17. The van der Waals surface area contributed by atoms with Gasteiger partial charge in [-0.3, -0.25) is 0 Å². The second kappa shape index (κ2) is 11.9. The molecule has 120 valence electrons. The fourth-order valence-corrected chi connectivity index (χ4v) is 2.80. The average Bonchev–Trinajstić information content (AvgIpc) is 2.49. The van der Waals surface area contributed by atoms with Crippen LogP contribution in [0.5, 0.6) is 0 Å². The number of hydrogen-bond acceptors (Lipinski definition) is 3. The first kappa shape index (κ1) is 24.6. The topological polar surface area (TPSA) is 54.9 Å². The Bertz CT molecular complexity index is 614. The molecule has 0 spiro atoms. The Balaban J connectivity index is 0. The van der Waals surface area contributed by atoms with Gasteiger partial charge in [0.15, 0.2) is 6.10 Å². The zero-order chi connectivity index (χ0) is 14.5. The van der Waals surface area contributed by atoms with E-state index in [1.165, 1.54) is 5.56 Å². The van der Waals surface area contributed by atoms with Crippen LogP contribution in [0.2, 0.25) is 0 Å². The summed E-state index contributed by atoms with van der Waals surface area (Å²) >= 11 is 1.59. The molecule has 0 fully saturated rings. The van der Waals surface area contributed by atoms with Gasteiger partial charge in [-0.1, -0.05) is 29.5 Å². The first-order chi connectivity index (χ1) is 9.67. The van der Waals surface area contributed by atoms with E-state index < -0.39 is 0 Å². The van der Waals surface area contributed by atoms with Gasteiger partial charge in [0, 0.05) is 12.0 Å². The molecule has 1 aliphatic rings. The van der Waals surface area contributed by atoms with Crippen LogP contribution in [0.4, 0.5) is 0 Å². The minimum atomic E-state index is -0.369. The third kappa shape index (κ3) is 6.42. The maximum absolute atomic E-state index is 8.98. The minimum absolute atomic E-state index is 0. The normalized spacial score (nSPS) is 15.8. The van der Waals surface area contributed by atoms with Crippen molar-refractivity contribution in [3.63, 3.8) is 0 Å². The van der Waals surface area contributed by atoms with Crippen molar-refractivity contribution < 1.29 is 58.6 Å². The van der Waals surface area contributed by atoms with E-state index in [0.29, 0.717) is 11.5 Å². The Morgan fingerprint density at radius 2 is 1.74 bits per heavy atom. The van der Waals surface area contributed by atoms with Crippen LogP contribution in [0.25, 0.3) is 5.53 Å². The Kier molecular flexibility index (Phi) is 12.7. The summed E-state index contributed by atoms with van der Waals surface area (Å²) in [5.74, 6) is 0.664. The molecule has 0 N–H and O–H groups in total. The molecule has 1 aromatic rings. The molecule has 2 rings (SSSR count). The van der Waals surface area contributed by atoms with E-state index in [9.17, 15) is 0 Å². The van der Waals surface area contributed by atoms with Gasteiger partial charge in [0.2, 0.25) is 0 Å². The molecule has 0 saturated carbocycles. The molecule has 0 heterocycles. The van der Waals surface area contributed by atoms with Gasteiger partial charge in [0.05, 0.1) is 18.1 Å². The van der Waals surface area contributed by atoms with Gasteiger partial charge in [-0.25, -0.2) is 0 Å². The van der Waals surface area contributed by atoms with E-state index in [0.717, 1.165) is 9.80 Å². The van der Waals surface area contributed by atoms with Crippen LogP contribution in [0.15, 0.2) is 52.0 Å². The first-order valence-electron chi connectivity index (χ1n) is 6.15. The molecule has 1 aliphatic carbocycles. The second-order valence-corrected chi connectivity index (χ2v) is 5.46. The van der Waals surface area contributed by atoms with Gasteiger partial charge >= 0.3 is 25.2 Å². The van der Waals surface area contributed by atoms with Crippen molar-refractivity contribution in [1.29, 1.82) is 0 Å². The summed E-state index contributed by atoms with van der Waals surface area (Å²) < 4.78 is 10.6. The zero-order valence-electron chi connectivity index (χ0n) is 13.1. The molecular weight excluding hydrogens is 409 g/mol. The smallest absolute Gasteiger partial charge is 1.00 e. The van der Waals surface area contributed by atoms with Crippen molar-refractivity contribution in [3.05, 3.63) is 58.2 Å². The standard InChI is InChI=1S/C15H16N2O2S.2ClH.Zn/c1-10-4-6-11(7-5-10)20-15-9-13(18-2)12(17-16)8-14(15)19-3;;;/h4-9,13H,1-3H3;2*1H;/q;;;+2/p-2. The van der Waals surface area contributed by atoms with Gasteiger partial charge in [0.25, 0.3) is 0 Å². The summed E-state index contributed by atoms with van der Waals surface area (Å²) in [4.78, 5) is 5.29. The number of methoxy groups -OCH3 is 2. The van der Waals surface area contributed by atoms with Gasteiger partial charge in [-0.2, -0.15) is 4.79 Å². The van der Waals surface area contributed by atoms with Crippen molar-refractivity contribution in [1.82, 2.24) is 0 Å². The molecule has 0 radical (unpaired) electrons. The monoisotopic (exact) mass is 422 g/mol. The van der Waals surface area contributed by atoms with Crippen LogP contribution in [0, 0.1) is 6.92 Å². The van der Waals surface area contributed by atoms with Crippen molar-refractivity contribution in [3.8, 4) is 0 Å². The van der Waals surface area contributed by atoms with Crippen LogP contribution in [0.3, 0.4) is 0 Å². The SMILES string of the molecule is COC1=CC(=[N+]=[N-])C(OC)C=C1Sc1ccc(C)cc1.[Cl-].[Cl-].[Zn+2]. The van der Waals surface area contributed by atoms with E-state index in [4.69, 9.17) is 15.0 Å². The fourth-order valence-electron chi connectivity index (χ4n) is 1.84. The van der Waals surface area contributed by atoms with Gasteiger partial charge < -0.3 is 39.8 Å². The van der Waals surface area contributed by atoms with E-state index in [1.54, 1.807) is 32.1 Å². The third-order valence-corrected chi connectivity index (χ3v) is 4.02. The van der Waals surface area contributed by atoms with Crippen molar-refractivity contribution in [2.45, 2.75) is 17.9 Å². The number of rotatable bonds is 4. The molecular formula is C15H16Cl2N2O2SZn. The number of aryl methyl sites for hydroxylation is 1. The van der Waals surface area contributed by atoms with E-state index in [2.05, 4.69) is 36.0 Å². The van der Waals surface area contributed by atoms with Crippen LogP contribution >= 0.6 is 11.8 Å². The molecule has 0 saturated heterocycles. The fraction of sp³-hybridized carbons (Fsp3) is 0.267. The van der Waals surface area contributed by atoms with Gasteiger partial charge in [0.1, 0.15) is 5.76 Å². The Morgan fingerprint density at radius 3 is 2.22 bits per heavy atom. The van der Waals surface area contributed by atoms with E-state index >= 15 is 0 Å². The number of benzene rings is 1. The maximum Gasteiger partial charge on any atom is 2.00 e. The third-order valence-electron chi connectivity index (χ3n) is 2.95. The molecule has 0 aliphatic heterocycles. The summed E-state index contributed by atoms with van der Waals surface area (Å²) in [6.45, 7) is 2.06. The largest absolute Gasteiger partial charge is 2.00 e. The van der Waals surface area contributed by atoms with Crippen molar-refractivity contribution in [2.75, 3.05) is 14.2 Å². The van der Waals surface area contributed by atoms with Gasteiger partial charge in [-0.05, 0) is 25.1 Å². The molecule has 4 nitrogen and oxygen atoms in total. The summed E-state index contributed by atoms with van der Waals surface area (Å²) in [5.41, 5.74) is 10.6. The quantitative estimate of drug-likeness (QED) is 0.298. The molecule has 23 heavy (non-hydrogen) atoms. The number of hydrogen-bond donors (Lipinski definition) is 0. The van der Waals surface area contributed by atoms with Crippen LogP contribution in [-0.2, 0) is 29.0 Å². The number of halogens is 2. The van der Waals surface area contributed by atoms with Crippen LogP contribution < -0.4 is 24.8 Å². The average molecular weight is 425 g/mol. The number of thioether (sulfide) groups is 1. The molecule has 1 unspecified atom stereocenters. The molecule has 8 heteroatoms. The summed E-state index contributed by atoms with van der Waals surface area (Å²) in [6.07, 6.45) is 3.20. The summed E-state index contributed by atoms with van der Waals surface area (Å²) in [6, 6.07) is 8.25. The van der Waals surface area contributed by atoms with Crippen LogP contribution in [-0.4, -0.2) is 30.8 Å².